The third-order valence-electron chi connectivity index (χ3n) is 7.52. The smallest absolute Gasteiger partial charge is 0.433 e. The van der Waals surface area contributed by atoms with Crippen LogP contribution in [0.4, 0.5) is 4.79 Å². The first-order chi connectivity index (χ1) is 19.3. The standard InChI is InChI=1S/C32H37NO7/c1-3-5-11-26(34)23-10-7-9-21-25(19-39-32(38)40-31-27(35)15-16-28(31)36)24-18-20(13-14-22(24)30(21)23)8-6-12-29(37)33-17-4-2/h7,9-10,13-14,18,25,31H,3-6,8,11-12,15-17,19H2,1-2H3,(H,33,37). The fourth-order valence-corrected chi connectivity index (χ4v) is 5.40. The summed E-state index contributed by atoms with van der Waals surface area (Å²) < 4.78 is 10.5. The Balaban J connectivity index is 1.56. The van der Waals surface area contributed by atoms with Crippen molar-refractivity contribution in [3.8, 4) is 11.1 Å². The molecular weight excluding hydrogens is 510 g/mol. The Hall–Kier alpha value is -3.81. The summed E-state index contributed by atoms with van der Waals surface area (Å²) in [6.45, 7) is 4.66. The fraction of sp³-hybridized carbons (Fsp3) is 0.469. The average molecular weight is 548 g/mol. The first kappa shape index (κ1) is 29.2. The highest BCUT2D eigenvalue weighted by Crippen LogP contribution is 2.47. The number of ether oxygens (including phenoxy) is 2. The monoisotopic (exact) mass is 547 g/mol. The maximum atomic E-state index is 13.1. The van der Waals surface area contributed by atoms with Gasteiger partial charge in [-0.25, -0.2) is 4.79 Å². The maximum Gasteiger partial charge on any atom is 0.509 e. The van der Waals surface area contributed by atoms with Gasteiger partial charge in [0.05, 0.1) is 0 Å². The molecule has 2 aromatic rings. The van der Waals surface area contributed by atoms with Crippen LogP contribution in [0, 0.1) is 0 Å². The minimum atomic E-state index is -1.39. The third kappa shape index (κ3) is 6.66. The zero-order valence-corrected chi connectivity index (χ0v) is 23.3. The van der Waals surface area contributed by atoms with Crippen LogP contribution in [-0.2, 0) is 30.3 Å². The van der Waals surface area contributed by atoms with Crippen LogP contribution in [0.5, 0.6) is 0 Å². The Morgan fingerprint density at radius 3 is 2.42 bits per heavy atom. The van der Waals surface area contributed by atoms with Crippen LogP contribution >= 0.6 is 0 Å². The van der Waals surface area contributed by atoms with Crippen molar-refractivity contribution in [3.05, 3.63) is 58.7 Å². The lowest BCUT2D eigenvalue weighted by atomic mass is 9.93. The molecule has 40 heavy (non-hydrogen) atoms. The van der Waals surface area contributed by atoms with Crippen molar-refractivity contribution >= 4 is 29.4 Å². The summed E-state index contributed by atoms with van der Waals surface area (Å²) in [4.78, 5) is 61.4. The van der Waals surface area contributed by atoms with Crippen molar-refractivity contribution in [3.63, 3.8) is 0 Å². The summed E-state index contributed by atoms with van der Waals surface area (Å²) in [7, 11) is 0. The second-order valence-corrected chi connectivity index (χ2v) is 10.5. The van der Waals surface area contributed by atoms with Crippen LogP contribution in [0.15, 0.2) is 36.4 Å². The molecule has 0 spiro atoms. The van der Waals surface area contributed by atoms with Crippen LogP contribution in [0.25, 0.3) is 11.1 Å². The second kappa shape index (κ2) is 13.5. The number of hydrogen-bond acceptors (Lipinski definition) is 7. The molecule has 1 N–H and O–H groups in total. The Kier molecular flexibility index (Phi) is 9.85. The predicted molar refractivity (Wildman–Crippen MR) is 149 cm³/mol. The van der Waals surface area contributed by atoms with E-state index in [1.54, 1.807) is 0 Å². The quantitative estimate of drug-likeness (QED) is 0.201. The van der Waals surface area contributed by atoms with E-state index in [2.05, 4.69) is 11.4 Å². The van der Waals surface area contributed by atoms with Crippen LogP contribution < -0.4 is 5.32 Å². The minimum Gasteiger partial charge on any atom is -0.433 e. The summed E-state index contributed by atoms with van der Waals surface area (Å²) in [5, 5.41) is 2.90. The van der Waals surface area contributed by atoms with E-state index in [-0.39, 0.29) is 37.1 Å². The molecule has 1 atom stereocenters. The number of Topliss-reactive ketones (excluding diaryl/α,β-unsaturated/α-hetero) is 3. The lowest BCUT2D eigenvalue weighted by Crippen LogP contribution is -2.29. The van der Waals surface area contributed by atoms with E-state index in [1.165, 1.54) is 0 Å². The molecule has 0 heterocycles. The molecule has 0 aliphatic heterocycles. The summed E-state index contributed by atoms with van der Waals surface area (Å²) in [6.07, 6.45) is 2.58. The number of carbonyl (C=O) groups excluding carboxylic acids is 5. The molecule has 2 aliphatic carbocycles. The van der Waals surface area contributed by atoms with E-state index in [9.17, 15) is 24.0 Å². The second-order valence-electron chi connectivity index (χ2n) is 10.5. The van der Waals surface area contributed by atoms with E-state index in [0.29, 0.717) is 37.8 Å². The predicted octanol–water partition coefficient (Wildman–Crippen LogP) is 5.47. The number of nitrogens with one attached hydrogen (secondary N) is 1. The van der Waals surface area contributed by atoms with Crippen LogP contribution in [0.3, 0.4) is 0 Å². The minimum absolute atomic E-state index is 0.0367. The molecule has 0 radical (unpaired) electrons. The zero-order valence-electron chi connectivity index (χ0n) is 23.3. The molecule has 8 heteroatoms. The Bertz CT molecular complexity index is 1280. The van der Waals surface area contributed by atoms with Crippen molar-refractivity contribution in [1.82, 2.24) is 5.32 Å². The lowest BCUT2D eigenvalue weighted by Gasteiger charge is -2.16. The van der Waals surface area contributed by atoms with Gasteiger partial charge in [0.2, 0.25) is 12.0 Å². The number of amides is 1. The van der Waals surface area contributed by atoms with E-state index in [0.717, 1.165) is 47.1 Å². The summed E-state index contributed by atoms with van der Waals surface area (Å²) >= 11 is 0. The van der Waals surface area contributed by atoms with E-state index < -0.39 is 23.8 Å². The van der Waals surface area contributed by atoms with Gasteiger partial charge in [0.15, 0.2) is 17.3 Å². The molecule has 1 unspecified atom stereocenters. The molecule has 2 aromatic carbocycles. The molecule has 0 saturated heterocycles. The van der Waals surface area contributed by atoms with Crippen LogP contribution in [-0.4, -0.2) is 48.7 Å². The van der Waals surface area contributed by atoms with E-state index in [1.807, 2.05) is 44.2 Å². The van der Waals surface area contributed by atoms with Crippen LogP contribution in [0.2, 0.25) is 0 Å². The summed E-state index contributed by atoms with van der Waals surface area (Å²) in [6, 6.07) is 11.7. The highest BCUT2D eigenvalue weighted by Gasteiger charge is 2.38. The first-order valence-corrected chi connectivity index (χ1v) is 14.3. The first-order valence-electron chi connectivity index (χ1n) is 14.3. The van der Waals surface area contributed by atoms with Gasteiger partial charge >= 0.3 is 6.16 Å². The maximum absolute atomic E-state index is 13.1. The van der Waals surface area contributed by atoms with Crippen molar-refractivity contribution in [2.24, 2.45) is 0 Å². The van der Waals surface area contributed by atoms with Gasteiger partial charge < -0.3 is 14.8 Å². The fourth-order valence-electron chi connectivity index (χ4n) is 5.40. The summed E-state index contributed by atoms with van der Waals surface area (Å²) in [5.74, 6) is -1.07. The van der Waals surface area contributed by atoms with Crippen molar-refractivity contribution in [1.29, 1.82) is 0 Å². The van der Waals surface area contributed by atoms with E-state index in [4.69, 9.17) is 9.47 Å². The molecular formula is C32H37NO7. The number of unbranched alkanes of at least 4 members (excludes halogenated alkanes) is 1. The van der Waals surface area contributed by atoms with Gasteiger partial charge in [-0.1, -0.05) is 56.7 Å². The topological polar surface area (TPSA) is 116 Å². The molecule has 0 bridgehead atoms. The SMILES string of the molecule is CCCCC(=O)c1cccc2c1-c1ccc(CCCC(=O)NCCC)cc1C2COC(=O)OC1C(=O)CCC1=O. The molecule has 212 valence electrons. The van der Waals surface area contributed by atoms with Gasteiger partial charge in [-0.15, -0.1) is 0 Å². The molecule has 1 fully saturated rings. The highest BCUT2D eigenvalue weighted by molar-refractivity contribution is 6.12. The highest BCUT2D eigenvalue weighted by atomic mass is 16.7. The number of hydrogen-bond donors (Lipinski definition) is 1. The Morgan fingerprint density at radius 2 is 1.70 bits per heavy atom. The van der Waals surface area contributed by atoms with Gasteiger partial charge in [-0.05, 0) is 53.5 Å². The average Bonchev–Trinajstić information content (AvgIpc) is 3.44. The van der Waals surface area contributed by atoms with Crippen molar-refractivity contribution in [2.75, 3.05) is 13.2 Å². The van der Waals surface area contributed by atoms with Gasteiger partial charge in [0, 0.05) is 43.7 Å². The lowest BCUT2D eigenvalue weighted by molar-refractivity contribution is -0.134. The molecule has 0 aromatic heterocycles. The zero-order chi connectivity index (χ0) is 28.6. The van der Waals surface area contributed by atoms with Crippen LogP contribution in [0.1, 0.15) is 98.2 Å². The number of rotatable bonds is 13. The van der Waals surface area contributed by atoms with Gasteiger partial charge in [-0.2, -0.15) is 0 Å². The molecule has 4 rings (SSSR count). The number of benzene rings is 2. The molecule has 8 nitrogen and oxygen atoms in total. The largest absolute Gasteiger partial charge is 0.509 e. The van der Waals surface area contributed by atoms with E-state index >= 15 is 0 Å². The Labute approximate surface area is 234 Å². The summed E-state index contributed by atoms with van der Waals surface area (Å²) in [5.41, 5.74) is 5.28. The number of ketones is 3. The number of aryl methyl sites for hydroxylation is 1. The molecule has 1 saturated carbocycles. The van der Waals surface area contributed by atoms with Gasteiger partial charge in [0.1, 0.15) is 6.61 Å². The Morgan fingerprint density at radius 1 is 0.925 bits per heavy atom. The number of fused-ring (bicyclic) bond motifs is 3. The number of carbonyl (C=O) groups is 5. The molecule has 1 amide bonds. The van der Waals surface area contributed by atoms with Crippen molar-refractivity contribution in [2.45, 2.75) is 83.7 Å². The normalized spacial score (nSPS) is 16.0. The third-order valence-corrected chi connectivity index (χ3v) is 7.52. The molecule has 2 aliphatic rings. The van der Waals surface area contributed by atoms with Gasteiger partial charge in [-0.3, -0.25) is 19.2 Å². The van der Waals surface area contributed by atoms with Crippen molar-refractivity contribution < 1.29 is 33.4 Å². The van der Waals surface area contributed by atoms with Gasteiger partial charge in [0.25, 0.3) is 0 Å².